The molecule has 5 heteroatoms. The maximum absolute atomic E-state index is 11.1. The van der Waals surface area contributed by atoms with Gasteiger partial charge >= 0.3 is 5.97 Å². The van der Waals surface area contributed by atoms with E-state index in [0.717, 1.165) is 0 Å². The Morgan fingerprint density at radius 2 is 2.00 bits per heavy atom. The van der Waals surface area contributed by atoms with E-state index in [1.807, 2.05) is 0 Å². The van der Waals surface area contributed by atoms with Crippen LogP contribution in [0.2, 0.25) is 0 Å². The van der Waals surface area contributed by atoms with Crippen LogP contribution < -0.4 is 9.47 Å². The summed E-state index contributed by atoms with van der Waals surface area (Å²) in [5, 5.41) is 9.58. The van der Waals surface area contributed by atoms with Gasteiger partial charge in [-0.05, 0) is 18.2 Å². The molecule has 1 aromatic carbocycles. The van der Waals surface area contributed by atoms with Crippen molar-refractivity contribution in [3.8, 4) is 11.5 Å². The molecule has 0 saturated carbocycles. The van der Waals surface area contributed by atoms with Gasteiger partial charge in [0.15, 0.2) is 6.10 Å². The van der Waals surface area contributed by atoms with Crippen molar-refractivity contribution in [1.29, 1.82) is 0 Å². The summed E-state index contributed by atoms with van der Waals surface area (Å²) in [6.45, 7) is 0. The molecule has 0 aliphatic carbocycles. The fourth-order valence-electron chi connectivity index (χ4n) is 1.47. The monoisotopic (exact) mass is 240 g/mol. The molecule has 0 aliphatic rings. The Kier molecular flexibility index (Phi) is 4.78. The zero-order valence-electron chi connectivity index (χ0n) is 10.1. The second-order valence-electron chi connectivity index (χ2n) is 3.42. The highest BCUT2D eigenvalue weighted by Crippen LogP contribution is 2.25. The summed E-state index contributed by atoms with van der Waals surface area (Å²) in [5.41, 5.74) is 0.685. The molecule has 1 atom stereocenters. The van der Waals surface area contributed by atoms with Crippen LogP contribution in [0.4, 0.5) is 0 Å². The average Bonchev–Trinajstić information content (AvgIpc) is 2.37. The predicted molar refractivity (Wildman–Crippen MR) is 61.3 cm³/mol. The Morgan fingerprint density at radius 3 is 2.53 bits per heavy atom. The van der Waals surface area contributed by atoms with Crippen LogP contribution >= 0.6 is 0 Å². The lowest BCUT2D eigenvalue weighted by atomic mass is 10.1. The fraction of sp³-hybridized carbons (Fsp3) is 0.417. The largest absolute Gasteiger partial charge is 0.497 e. The number of aliphatic hydroxyl groups excluding tert-OH is 1. The van der Waals surface area contributed by atoms with E-state index in [-0.39, 0.29) is 6.42 Å². The van der Waals surface area contributed by atoms with Crippen LogP contribution in [0, 0.1) is 0 Å². The number of rotatable bonds is 5. The Balaban J connectivity index is 2.91. The van der Waals surface area contributed by atoms with E-state index in [0.29, 0.717) is 17.1 Å². The normalized spacial score (nSPS) is 11.8. The topological polar surface area (TPSA) is 65.0 Å². The average molecular weight is 240 g/mol. The van der Waals surface area contributed by atoms with Gasteiger partial charge in [-0.15, -0.1) is 0 Å². The maximum atomic E-state index is 11.1. The second kappa shape index (κ2) is 6.10. The van der Waals surface area contributed by atoms with Crippen LogP contribution in [0.5, 0.6) is 11.5 Å². The molecule has 0 spiro atoms. The van der Waals surface area contributed by atoms with E-state index in [1.165, 1.54) is 14.2 Å². The zero-order chi connectivity index (χ0) is 12.8. The van der Waals surface area contributed by atoms with Crippen LogP contribution in [-0.2, 0) is 16.0 Å². The molecule has 0 aliphatic heterocycles. The quantitative estimate of drug-likeness (QED) is 0.770. The van der Waals surface area contributed by atoms with Crippen molar-refractivity contribution in [2.24, 2.45) is 0 Å². The van der Waals surface area contributed by atoms with Crippen LogP contribution in [-0.4, -0.2) is 38.5 Å². The minimum Gasteiger partial charge on any atom is -0.497 e. The maximum Gasteiger partial charge on any atom is 0.335 e. The molecule has 0 heterocycles. The third-order valence-corrected chi connectivity index (χ3v) is 2.37. The molecule has 0 fully saturated rings. The first kappa shape index (κ1) is 13.3. The Bertz CT molecular complexity index is 388. The number of carbonyl (C=O) groups is 1. The number of carbonyl (C=O) groups excluding carboxylic acids is 1. The lowest BCUT2D eigenvalue weighted by molar-refractivity contribution is -0.150. The first-order valence-corrected chi connectivity index (χ1v) is 5.09. The number of methoxy groups -OCH3 is 3. The van der Waals surface area contributed by atoms with Crippen molar-refractivity contribution < 1.29 is 24.1 Å². The van der Waals surface area contributed by atoms with Crippen LogP contribution in [0.15, 0.2) is 18.2 Å². The molecule has 0 radical (unpaired) electrons. The Labute approximate surface area is 99.9 Å². The summed E-state index contributed by atoms with van der Waals surface area (Å²) < 4.78 is 14.7. The smallest absolute Gasteiger partial charge is 0.335 e. The van der Waals surface area contributed by atoms with Gasteiger partial charge in [0, 0.05) is 12.0 Å². The van der Waals surface area contributed by atoms with E-state index in [9.17, 15) is 9.90 Å². The van der Waals surface area contributed by atoms with E-state index in [4.69, 9.17) is 9.47 Å². The lowest BCUT2D eigenvalue weighted by Gasteiger charge is -2.13. The van der Waals surface area contributed by atoms with Crippen LogP contribution in [0.3, 0.4) is 0 Å². The molecule has 1 N–H and O–H groups in total. The number of benzene rings is 1. The molecule has 1 rings (SSSR count). The van der Waals surface area contributed by atoms with Gasteiger partial charge in [0.05, 0.1) is 21.3 Å². The van der Waals surface area contributed by atoms with Crippen molar-refractivity contribution in [2.45, 2.75) is 12.5 Å². The van der Waals surface area contributed by atoms with Crippen LogP contribution in [0.25, 0.3) is 0 Å². The molecule has 1 unspecified atom stereocenters. The molecule has 17 heavy (non-hydrogen) atoms. The van der Waals surface area contributed by atoms with Crippen LogP contribution in [0.1, 0.15) is 5.56 Å². The standard InChI is InChI=1S/C12H16O5/c1-15-9-4-5-11(16-2)8(6-9)7-10(13)12(14)17-3/h4-6,10,13H,7H2,1-3H3. The van der Waals surface area contributed by atoms with Crippen molar-refractivity contribution in [3.63, 3.8) is 0 Å². The van der Waals surface area contributed by atoms with Crippen molar-refractivity contribution in [1.82, 2.24) is 0 Å². The predicted octanol–water partition coefficient (Wildman–Crippen LogP) is 0.780. The van der Waals surface area contributed by atoms with E-state index >= 15 is 0 Å². The molecule has 0 bridgehead atoms. The summed E-state index contributed by atoms with van der Waals surface area (Å²) in [6.07, 6.45) is -1.09. The SMILES string of the molecule is COC(=O)C(O)Cc1cc(OC)ccc1OC. The van der Waals surface area contributed by atoms with E-state index in [2.05, 4.69) is 4.74 Å². The van der Waals surface area contributed by atoms with Gasteiger partial charge in [-0.25, -0.2) is 4.79 Å². The number of ether oxygens (including phenoxy) is 3. The van der Waals surface area contributed by atoms with Gasteiger partial charge < -0.3 is 19.3 Å². The number of aliphatic hydroxyl groups is 1. The molecule has 0 saturated heterocycles. The minimum atomic E-state index is -1.21. The Morgan fingerprint density at radius 1 is 1.29 bits per heavy atom. The molecule has 94 valence electrons. The first-order chi connectivity index (χ1) is 8.12. The summed E-state index contributed by atoms with van der Waals surface area (Å²) in [4.78, 5) is 11.1. The van der Waals surface area contributed by atoms with Gasteiger partial charge in [0.2, 0.25) is 0 Å². The summed E-state index contributed by atoms with van der Waals surface area (Å²) in [6, 6.07) is 5.18. The number of hydrogen-bond acceptors (Lipinski definition) is 5. The van der Waals surface area contributed by atoms with Gasteiger partial charge in [0.25, 0.3) is 0 Å². The van der Waals surface area contributed by atoms with E-state index in [1.54, 1.807) is 25.3 Å². The third-order valence-electron chi connectivity index (χ3n) is 2.37. The second-order valence-corrected chi connectivity index (χ2v) is 3.42. The zero-order valence-corrected chi connectivity index (χ0v) is 10.1. The highest BCUT2D eigenvalue weighted by atomic mass is 16.5. The Hall–Kier alpha value is -1.75. The molecule has 0 aromatic heterocycles. The summed E-state index contributed by atoms with van der Waals surface area (Å²) >= 11 is 0. The number of esters is 1. The molecule has 1 aromatic rings. The number of hydrogen-bond donors (Lipinski definition) is 1. The van der Waals surface area contributed by atoms with Crippen molar-refractivity contribution in [3.05, 3.63) is 23.8 Å². The van der Waals surface area contributed by atoms with Gasteiger partial charge in [0.1, 0.15) is 11.5 Å². The van der Waals surface area contributed by atoms with Crippen molar-refractivity contribution >= 4 is 5.97 Å². The van der Waals surface area contributed by atoms with Gasteiger partial charge in [-0.2, -0.15) is 0 Å². The summed E-state index contributed by atoms with van der Waals surface area (Å²) in [5.74, 6) is 0.557. The molecule has 0 amide bonds. The summed E-state index contributed by atoms with van der Waals surface area (Å²) in [7, 11) is 4.30. The first-order valence-electron chi connectivity index (χ1n) is 5.09. The molecular formula is C12H16O5. The van der Waals surface area contributed by atoms with Gasteiger partial charge in [-0.3, -0.25) is 0 Å². The molecule has 5 nitrogen and oxygen atoms in total. The highest BCUT2D eigenvalue weighted by molar-refractivity contribution is 5.74. The highest BCUT2D eigenvalue weighted by Gasteiger charge is 2.18. The van der Waals surface area contributed by atoms with Gasteiger partial charge in [-0.1, -0.05) is 0 Å². The third kappa shape index (κ3) is 3.35. The fourth-order valence-corrected chi connectivity index (χ4v) is 1.47. The minimum absolute atomic E-state index is 0.118. The molecular weight excluding hydrogens is 224 g/mol. The lowest BCUT2D eigenvalue weighted by Crippen LogP contribution is -2.24. The van der Waals surface area contributed by atoms with Crippen molar-refractivity contribution in [2.75, 3.05) is 21.3 Å². The van der Waals surface area contributed by atoms with E-state index < -0.39 is 12.1 Å².